The molecule has 2 N–H and O–H groups in total. The average Bonchev–Trinajstić information content (AvgIpc) is 2.77. The highest BCUT2D eigenvalue weighted by Crippen LogP contribution is 2.27. The largest absolute Gasteiger partial charge is 0.481 e. The number of benzene rings is 1. The first-order chi connectivity index (χ1) is 8.77. The molecule has 18 heavy (non-hydrogen) atoms. The van der Waals surface area contributed by atoms with Crippen LogP contribution in [0.4, 0.5) is 5.00 Å². The van der Waals surface area contributed by atoms with Crippen molar-refractivity contribution in [1.29, 1.82) is 0 Å². The first-order valence-corrected chi connectivity index (χ1v) is 6.85. The summed E-state index contributed by atoms with van der Waals surface area (Å²) in [5, 5.41) is 14.1. The van der Waals surface area contributed by atoms with Gasteiger partial charge in [-0.05, 0) is 36.5 Å². The Labute approximate surface area is 110 Å². The zero-order valence-electron chi connectivity index (χ0n) is 10.1. The third-order valence-corrected chi connectivity index (χ3v) is 3.57. The highest BCUT2D eigenvalue weighted by molar-refractivity contribution is 7.11. The van der Waals surface area contributed by atoms with Crippen molar-refractivity contribution in [3.05, 3.63) is 24.3 Å². The molecule has 2 rings (SSSR count). The van der Waals surface area contributed by atoms with Gasteiger partial charge in [-0.2, -0.15) is 4.37 Å². The van der Waals surface area contributed by atoms with Gasteiger partial charge in [0.25, 0.3) is 0 Å². The molecule has 0 unspecified atom stereocenters. The summed E-state index contributed by atoms with van der Waals surface area (Å²) in [6.07, 6.45) is 2.94. The van der Waals surface area contributed by atoms with E-state index in [1.165, 1.54) is 11.5 Å². The number of hydrogen-bond donors (Lipinski definition) is 2. The topological polar surface area (TPSA) is 62.2 Å². The molecule has 0 bridgehead atoms. The van der Waals surface area contributed by atoms with Crippen molar-refractivity contribution in [3.8, 4) is 0 Å². The number of unbranched alkanes of at least 4 members (excludes halogenated alkanes) is 2. The summed E-state index contributed by atoms with van der Waals surface area (Å²) in [5.74, 6) is -0.712. The molecule has 0 atom stereocenters. The van der Waals surface area contributed by atoms with E-state index in [1.54, 1.807) is 0 Å². The van der Waals surface area contributed by atoms with Gasteiger partial charge in [0.2, 0.25) is 0 Å². The van der Waals surface area contributed by atoms with Crippen LogP contribution in [0.15, 0.2) is 24.3 Å². The number of nitrogens with one attached hydrogen (secondary N) is 1. The molecule has 5 heteroatoms. The first kappa shape index (κ1) is 12.8. The Bertz CT molecular complexity index is 524. The number of aliphatic carboxylic acids is 1. The third-order valence-electron chi connectivity index (χ3n) is 2.74. The third kappa shape index (κ3) is 3.43. The van der Waals surface area contributed by atoms with Crippen molar-refractivity contribution in [2.75, 3.05) is 11.9 Å². The fraction of sp³-hybridized carbons (Fsp3) is 0.385. The molecule has 4 nitrogen and oxygen atoms in total. The lowest BCUT2D eigenvalue weighted by Crippen LogP contribution is -2.01. The predicted octanol–water partition coefficient (Wildman–Crippen LogP) is 3.35. The fourth-order valence-electron chi connectivity index (χ4n) is 1.80. The summed E-state index contributed by atoms with van der Waals surface area (Å²) in [5.41, 5.74) is 1.02. The number of carboxylic acid groups (broad SMARTS) is 1. The van der Waals surface area contributed by atoms with Crippen LogP contribution in [0, 0.1) is 0 Å². The molecular weight excluding hydrogens is 248 g/mol. The smallest absolute Gasteiger partial charge is 0.303 e. The zero-order valence-corrected chi connectivity index (χ0v) is 10.9. The molecule has 1 aromatic heterocycles. The maximum Gasteiger partial charge on any atom is 0.303 e. The number of nitrogens with zero attached hydrogens (tertiary/aromatic N) is 1. The second-order valence-corrected chi connectivity index (χ2v) is 4.93. The highest BCUT2D eigenvalue weighted by atomic mass is 32.1. The van der Waals surface area contributed by atoms with Gasteiger partial charge in [-0.25, -0.2) is 0 Å². The molecule has 1 heterocycles. The van der Waals surface area contributed by atoms with Crippen molar-refractivity contribution in [2.45, 2.75) is 25.7 Å². The Morgan fingerprint density at radius 1 is 1.28 bits per heavy atom. The zero-order chi connectivity index (χ0) is 12.8. The van der Waals surface area contributed by atoms with Crippen molar-refractivity contribution < 1.29 is 9.90 Å². The number of aromatic nitrogens is 1. The van der Waals surface area contributed by atoms with Crippen LogP contribution in [-0.4, -0.2) is 22.0 Å². The van der Waals surface area contributed by atoms with Crippen LogP contribution < -0.4 is 5.32 Å². The van der Waals surface area contributed by atoms with E-state index in [9.17, 15) is 4.79 Å². The standard InChI is InChI=1S/C13H16N2O2S/c16-12(17)8-2-1-5-9-14-13-10-6-3-4-7-11(10)15-18-13/h3-4,6-7,14H,1-2,5,8-9H2,(H,16,17). The quantitative estimate of drug-likeness (QED) is 0.753. The molecule has 1 aromatic carbocycles. The fourth-order valence-corrected chi connectivity index (χ4v) is 2.58. The van der Waals surface area contributed by atoms with E-state index < -0.39 is 5.97 Å². The summed E-state index contributed by atoms with van der Waals surface area (Å²) < 4.78 is 4.36. The minimum Gasteiger partial charge on any atom is -0.481 e. The van der Waals surface area contributed by atoms with E-state index >= 15 is 0 Å². The number of hydrogen-bond acceptors (Lipinski definition) is 4. The van der Waals surface area contributed by atoms with Crippen LogP contribution in [-0.2, 0) is 4.79 Å². The molecule has 2 aromatic rings. The molecule has 0 amide bonds. The van der Waals surface area contributed by atoms with Crippen molar-refractivity contribution >= 4 is 33.4 Å². The lowest BCUT2D eigenvalue weighted by atomic mass is 10.2. The van der Waals surface area contributed by atoms with Gasteiger partial charge >= 0.3 is 5.97 Å². The summed E-state index contributed by atoms with van der Waals surface area (Å²) in [4.78, 5) is 10.3. The van der Waals surface area contributed by atoms with E-state index in [0.717, 1.165) is 41.7 Å². The van der Waals surface area contributed by atoms with Crippen LogP contribution in [0.25, 0.3) is 10.9 Å². The highest BCUT2D eigenvalue weighted by Gasteiger charge is 2.03. The second kappa shape index (κ2) is 6.35. The van der Waals surface area contributed by atoms with Crippen molar-refractivity contribution in [3.63, 3.8) is 0 Å². The molecule has 0 spiro atoms. The first-order valence-electron chi connectivity index (χ1n) is 6.07. The van der Waals surface area contributed by atoms with Crippen LogP contribution >= 0.6 is 11.5 Å². The molecule has 0 aliphatic rings. The maximum absolute atomic E-state index is 10.3. The molecule has 0 saturated carbocycles. The SMILES string of the molecule is O=C(O)CCCCCNc1snc2ccccc12. The summed E-state index contributed by atoms with van der Waals surface area (Å²) in [6.45, 7) is 0.867. The number of anilines is 1. The lowest BCUT2D eigenvalue weighted by Gasteiger charge is -2.03. The van der Waals surface area contributed by atoms with Gasteiger partial charge in [0.05, 0.1) is 5.52 Å². The number of carbonyl (C=O) groups is 1. The van der Waals surface area contributed by atoms with E-state index in [4.69, 9.17) is 5.11 Å². The van der Waals surface area contributed by atoms with Gasteiger partial charge in [-0.3, -0.25) is 4.79 Å². The Morgan fingerprint density at radius 2 is 2.11 bits per heavy atom. The molecule has 0 fully saturated rings. The maximum atomic E-state index is 10.3. The van der Waals surface area contributed by atoms with Crippen LogP contribution in [0.5, 0.6) is 0 Å². The van der Waals surface area contributed by atoms with Crippen molar-refractivity contribution in [2.24, 2.45) is 0 Å². The average molecular weight is 264 g/mol. The summed E-state index contributed by atoms with van der Waals surface area (Å²) >= 11 is 1.48. The minimum atomic E-state index is -0.712. The van der Waals surface area contributed by atoms with Gasteiger partial charge in [0, 0.05) is 18.4 Å². The molecule has 0 radical (unpaired) electrons. The van der Waals surface area contributed by atoms with Crippen LogP contribution in [0.1, 0.15) is 25.7 Å². The summed E-state index contributed by atoms with van der Waals surface area (Å²) in [7, 11) is 0. The molecule has 0 aliphatic carbocycles. The van der Waals surface area contributed by atoms with Gasteiger partial charge in [-0.1, -0.05) is 18.6 Å². The molecule has 0 aliphatic heterocycles. The van der Waals surface area contributed by atoms with Gasteiger partial charge in [0.15, 0.2) is 0 Å². The van der Waals surface area contributed by atoms with Crippen LogP contribution in [0.2, 0.25) is 0 Å². The van der Waals surface area contributed by atoms with E-state index in [-0.39, 0.29) is 6.42 Å². The summed E-state index contributed by atoms with van der Waals surface area (Å²) in [6, 6.07) is 8.06. The monoisotopic (exact) mass is 264 g/mol. The molecule has 0 saturated heterocycles. The van der Waals surface area contributed by atoms with E-state index in [1.807, 2.05) is 18.2 Å². The Hall–Kier alpha value is -1.62. The number of fused-ring (bicyclic) bond motifs is 1. The number of carboxylic acids is 1. The van der Waals surface area contributed by atoms with Crippen molar-refractivity contribution in [1.82, 2.24) is 4.37 Å². The minimum absolute atomic E-state index is 0.267. The molecule has 96 valence electrons. The predicted molar refractivity (Wildman–Crippen MR) is 74.2 cm³/mol. The number of rotatable bonds is 7. The Kier molecular flexibility index (Phi) is 4.52. The van der Waals surface area contributed by atoms with Gasteiger partial charge in [-0.15, -0.1) is 0 Å². The lowest BCUT2D eigenvalue weighted by molar-refractivity contribution is -0.137. The molecular formula is C13H16N2O2S. The Balaban J connectivity index is 1.75. The normalized spacial score (nSPS) is 10.7. The van der Waals surface area contributed by atoms with Gasteiger partial charge < -0.3 is 10.4 Å². The van der Waals surface area contributed by atoms with Gasteiger partial charge in [0.1, 0.15) is 5.00 Å². The van der Waals surface area contributed by atoms with Crippen LogP contribution in [0.3, 0.4) is 0 Å². The van der Waals surface area contributed by atoms with E-state index in [0.29, 0.717) is 0 Å². The second-order valence-electron chi connectivity index (χ2n) is 4.16. The Morgan fingerprint density at radius 3 is 2.94 bits per heavy atom. The van der Waals surface area contributed by atoms with E-state index in [2.05, 4.69) is 15.8 Å².